The first-order valence-corrected chi connectivity index (χ1v) is 7.07. The molecule has 0 bridgehead atoms. The molecule has 1 aromatic rings. The molecule has 1 atom stereocenters. The predicted octanol–water partition coefficient (Wildman–Crippen LogP) is 2.26. The van der Waals surface area contributed by atoms with Gasteiger partial charge in [-0.2, -0.15) is 0 Å². The van der Waals surface area contributed by atoms with Gasteiger partial charge in [-0.25, -0.2) is 0 Å². The molecule has 5 nitrogen and oxygen atoms in total. The topological polar surface area (TPSA) is 83.6 Å². The minimum atomic E-state index is -0.865. The standard InChI is InChI=1S/C16H24N2O3/c1-16(2,3)14(17)15(21)18(11-7-10-13(19)20)12-8-5-4-6-9-12/h4-6,8-9,14H,7,10-11,17H2,1-3H3,(H,19,20)/t14-/m0/s1. The summed E-state index contributed by atoms with van der Waals surface area (Å²) in [5.41, 5.74) is 6.45. The highest BCUT2D eigenvalue weighted by molar-refractivity contribution is 5.97. The Kier molecular flexibility index (Phi) is 5.90. The van der Waals surface area contributed by atoms with E-state index in [-0.39, 0.29) is 17.7 Å². The highest BCUT2D eigenvalue weighted by atomic mass is 16.4. The van der Waals surface area contributed by atoms with Gasteiger partial charge in [-0.1, -0.05) is 39.0 Å². The molecule has 0 saturated heterocycles. The molecule has 0 aliphatic carbocycles. The first-order chi connectivity index (χ1) is 9.73. The number of carboxylic acids is 1. The lowest BCUT2D eigenvalue weighted by Gasteiger charge is -2.32. The largest absolute Gasteiger partial charge is 0.481 e. The van der Waals surface area contributed by atoms with Gasteiger partial charge in [-0.05, 0) is 24.0 Å². The molecule has 1 rings (SSSR count). The summed E-state index contributed by atoms with van der Waals surface area (Å²) in [6.45, 7) is 6.08. The molecule has 3 N–H and O–H groups in total. The number of rotatable bonds is 6. The van der Waals surface area contributed by atoms with Crippen LogP contribution in [0.4, 0.5) is 5.69 Å². The summed E-state index contributed by atoms with van der Waals surface area (Å²) in [6.07, 6.45) is 0.425. The molecule has 1 amide bonds. The molecule has 0 radical (unpaired) electrons. The van der Waals surface area contributed by atoms with Crippen molar-refractivity contribution >= 4 is 17.6 Å². The molecule has 0 aromatic heterocycles. The van der Waals surface area contributed by atoms with Crippen molar-refractivity contribution in [3.63, 3.8) is 0 Å². The van der Waals surface area contributed by atoms with Crippen molar-refractivity contribution in [2.24, 2.45) is 11.1 Å². The van der Waals surface area contributed by atoms with Gasteiger partial charge in [0.1, 0.15) is 0 Å². The first kappa shape index (κ1) is 17.2. The lowest BCUT2D eigenvalue weighted by molar-refractivity contribution is -0.137. The Labute approximate surface area is 125 Å². The third kappa shape index (κ3) is 5.19. The Hall–Kier alpha value is -1.88. The molecule has 0 unspecified atom stereocenters. The highest BCUT2D eigenvalue weighted by Crippen LogP contribution is 2.22. The number of hydrogen-bond donors (Lipinski definition) is 2. The second-order valence-electron chi connectivity index (χ2n) is 6.17. The Balaban J connectivity index is 2.91. The predicted molar refractivity (Wildman–Crippen MR) is 83.1 cm³/mol. The Morgan fingerprint density at radius 2 is 1.81 bits per heavy atom. The van der Waals surface area contributed by atoms with Crippen LogP contribution in [0.15, 0.2) is 30.3 Å². The van der Waals surface area contributed by atoms with Gasteiger partial charge in [-0.3, -0.25) is 9.59 Å². The molecule has 1 aromatic carbocycles. The molecule has 0 aliphatic heterocycles. The summed E-state index contributed by atoms with van der Waals surface area (Å²) in [4.78, 5) is 24.9. The molecule has 0 saturated carbocycles. The number of hydrogen-bond acceptors (Lipinski definition) is 3. The minimum absolute atomic E-state index is 0.0291. The number of carbonyl (C=O) groups excluding carboxylic acids is 1. The number of benzene rings is 1. The van der Waals surface area contributed by atoms with Gasteiger partial charge in [0, 0.05) is 18.7 Å². The summed E-state index contributed by atoms with van der Waals surface area (Å²) in [7, 11) is 0. The van der Waals surface area contributed by atoms with E-state index in [0.717, 1.165) is 5.69 Å². The van der Waals surface area contributed by atoms with E-state index >= 15 is 0 Å². The molecule has 0 aliphatic rings. The monoisotopic (exact) mass is 292 g/mol. The quantitative estimate of drug-likeness (QED) is 0.842. The summed E-state index contributed by atoms with van der Waals surface area (Å²) in [5, 5.41) is 8.75. The molecule has 5 heteroatoms. The molecular weight excluding hydrogens is 268 g/mol. The van der Waals surface area contributed by atoms with E-state index in [1.54, 1.807) is 4.90 Å². The van der Waals surface area contributed by atoms with Crippen LogP contribution in [0, 0.1) is 5.41 Å². The number of nitrogens with zero attached hydrogens (tertiary/aromatic N) is 1. The van der Waals surface area contributed by atoms with Crippen LogP contribution >= 0.6 is 0 Å². The van der Waals surface area contributed by atoms with Crippen LogP contribution < -0.4 is 10.6 Å². The molecule has 0 heterocycles. The van der Waals surface area contributed by atoms with Crippen molar-refractivity contribution < 1.29 is 14.7 Å². The van der Waals surface area contributed by atoms with E-state index in [4.69, 9.17) is 10.8 Å². The lowest BCUT2D eigenvalue weighted by Crippen LogP contribution is -2.51. The Morgan fingerprint density at radius 3 is 2.29 bits per heavy atom. The Morgan fingerprint density at radius 1 is 1.24 bits per heavy atom. The SMILES string of the molecule is CC(C)(C)[C@@H](N)C(=O)N(CCCC(=O)O)c1ccccc1. The van der Waals surface area contributed by atoms with Gasteiger partial charge in [0.15, 0.2) is 0 Å². The highest BCUT2D eigenvalue weighted by Gasteiger charge is 2.31. The molecule has 0 fully saturated rings. The zero-order valence-electron chi connectivity index (χ0n) is 12.9. The number of aliphatic carboxylic acids is 1. The van der Waals surface area contributed by atoms with Gasteiger partial charge in [0.05, 0.1) is 6.04 Å². The zero-order valence-corrected chi connectivity index (χ0v) is 12.9. The third-order valence-electron chi connectivity index (χ3n) is 3.31. The number of carbonyl (C=O) groups is 2. The maximum absolute atomic E-state index is 12.6. The average Bonchev–Trinajstić information content (AvgIpc) is 2.41. The van der Waals surface area contributed by atoms with Crippen LogP contribution in [-0.2, 0) is 9.59 Å². The molecule has 21 heavy (non-hydrogen) atoms. The van der Waals surface area contributed by atoms with Crippen molar-refractivity contribution in [1.29, 1.82) is 0 Å². The zero-order chi connectivity index (χ0) is 16.0. The van der Waals surface area contributed by atoms with Crippen molar-refractivity contribution in [1.82, 2.24) is 0 Å². The van der Waals surface area contributed by atoms with E-state index < -0.39 is 12.0 Å². The van der Waals surface area contributed by atoms with E-state index in [1.807, 2.05) is 51.1 Å². The van der Waals surface area contributed by atoms with Crippen LogP contribution in [-0.4, -0.2) is 29.6 Å². The summed E-state index contributed by atoms with van der Waals surface area (Å²) in [5.74, 6) is -1.05. The number of para-hydroxylation sites is 1. The number of amides is 1. The normalized spacial score (nSPS) is 12.8. The average molecular weight is 292 g/mol. The fourth-order valence-corrected chi connectivity index (χ4v) is 1.90. The van der Waals surface area contributed by atoms with Crippen LogP contribution in [0.2, 0.25) is 0 Å². The summed E-state index contributed by atoms with van der Waals surface area (Å²) >= 11 is 0. The lowest BCUT2D eigenvalue weighted by atomic mass is 9.86. The van der Waals surface area contributed by atoms with Crippen molar-refractivity contribution in [3.05, 3.63) is 30.3 Å². The van der Waals surface area contributed by atoms with E-state index in [1.165, 1.54) is 0 Å². The fraction of sp³-hybridized carbons (Fsp3) is 0.500. The maximum atomic E-state index is 12.6. The minimum Gasteiger partial charge on any atom is -0.481 e. The maximum Gasteiger partial charge on any atom is 0.303 e. The van der Waals surface area contributed by atoms with Crippen LogP contribution in [0.5, 0.6) is 0 Å². The van der Waals surface area contributed by atoms with Gasteiger partial charge < -0.3 is 15.7 Å². The summed E-state index contributed by atoms with van der Waals surface area (Å²) < 4.78 is 0. The van der Waals surface area contributed by atoms with Gasteiger partial charge >= 0.3 is 5.97 Å². The van der Waals surface area contributed by atoms with E-state index in [9.17, 15) is 9.59 Å². The number of nitrogens with two attached hydrogens (primary N) is 1. The van der Waals surface area contributed by atoms with Crippen molar-refractivity contribution in [2.45, 2.75) is 39.7 Å². The third-order valence-corrected chi connectivity index (χ3v) is 3.31. The van der Waals surface area contributed by atoms with Crippen LogP contribution in [0.3, 0.4) is 0 Å². The number of anilines is 1. The second-order valence-corrected chi connectivity index (χ2v) is 6.17. The molecular formula is C16H24N2O3. The smallest absolute Gasteiger partial charge is 0.303 e. The van der Waals surface area contributed by atoms with Crippen molar-refractivity contribution in [3.8, 4) is 0 Å². The first-order valence-electron chi connectivity index (χ1n) is 7.07. The number of carboxylic acid groups (broad SMARTS) is 1. The van der Waals surface area contributed by atoms with Crippen LogP contribution in [0.25, 0.3) is 0 Å². The second kappa shape index (κ2) is 7.22. The molecule has 0 spiro atoms. The fourth-order valence-electron chi connectivity index (χ4n) is 1.90. The molecule has 116 valence electrons. The Bertz CT molecular complexity index is 480. The van der Waals surface area contributed by atoms with E-state index in [0.29, 0.717) is 13.0 Å². The van der Waals surface area contributed by atoms with Gasteiger partial charge in [0.2, 0.25) is 5.91 Å². The van der Waals surface area contributed by atoms with Gasteiger partial charge in [0.25, 0.3) is 0 Å². The van der Waals surface area contributed by atoms with E-state index in [2.05, 4.69) is 0 Å². The van der Waals surface area contributed by atoms with Crippen LogP contribution in [0.1, 0.15) is 33.6 Å². The summed E-state index contributed by atoms with van der Waals surface area (Å²) in [6, 6.07) is 8.57. The van der Waals surface area contributed by atoms with Crippen molar-refractivity contribution in [2.75, 3.05) is 11.4 Å². The van der Waals surface area contributed by atoms with Gasteiger partial charge in [-0.15, -0.1) is 0 Å².